The number of allylic oxidation sites excluding steroid dienone is 1. The van der Waals surface area contributed by atoms with Crippen LogP contribution < -0.4 is 5.32 Å². The topological polar surface area (TPSA) is 12.0 Å². The molecule has 0 saturated carbocycles. The van der Waals surface area contributed by atoms with E-state index in [4.69, 9.17) is 0 Å². The Kier molecular flexibility index (Phi) is 5.07. The summed E-state index contributed by atoms with van der Waals surface area (Å²) in [5.74, 6) is 0. The molecule has 1 aromatic carbocycles. The average Bonchev–Trinajstić information content (AvgIpc) is 2.22. The van der Waals surface area contributed by atoms with Crippen molar-refractivity contribution in [2.24, 2.45) is 5.41 Å². The van der Waals surface area contributed by atoms with Gasteiger partial charge in [0.25, 0.3) is 0 Å². The molecule has 112 valence electrons. The standard InChI is InChI=1S/C19H31N/c1-14-9-10-17(19(6,7)8)16(11-14)13-20-15(2)12-18(3,4)5/h9-11,20H,2,12-13H2,1,3-8H3. The van der Waals surface area contributed by atoms with Crippen molar-refractivity contribution < 1.29 is 0 Å². The SMILES string of the molecule is C=C(CC(C)(C)C)NCc1cc(C)ccc1C(C)(C)C. The van der Waals surface area contributed by atoms with Gasteiger partial charge in [0, 0.05) is 12.2 Å². The van der Waals surface area contributed by atoms with Crippen molar-refractivity contribution in [3.05, 3.63) is 47.2 Å². The maximum Gasteiger partial charge on any atom is 0.0400 e. The van der Waals surface area contributed by atoms with E-state index >= 15 is 0 Å². The minimum Gasteiger partial charge on any atom is -0.385 e. The third-order valence-corrected chi connectivity index (χ3v) is 3.34. The number of hydrogen-bond donors (Lipinski definition) is 1. The molecule has 0 fully saturated rings. The summed E-state index contributed by atoms with van der Waals surface area (Å²) in [4.78, 5) is 0. The Morgan fingerprint density at radius 1 is 1.10 bits per heavy atom. The van der Waals surface area contributed by atoms with Gasteiger partial charge in [0.1, 0.15) is 0 Å². The van der Waals surface area contributed by atoms with Gasteiger partial charge in [-0.2, -0.15) is 0 Å². The molecule has 1 nitrogen and oxygen atoms in total. The highest BCUT2D eigenvalue weighted by Crippen LogP contribution is 2.27. The van der Waals surface area contributed by atoms with Gasteiger partial charge < -0.3 is 5.32 Å². The van der Waals surface area contributed by atoms with Gasteiger partial charge in [-0.1, -0.05) is 71.9 Å². The lowest BCUT2D eigenvalue weighted by Gasteiger charge is -2.25. The average molecular weight is 273 g/mol. The van der Waals surface area contributed by atoms with E-state index in [9.17, 15) is 0 Å². The Morgan fingerprint density at radius 3 is 2.20 bits per heavy atom. The van der Waals surface area contributed by atoms with Crippen LogP contribution >= 0.6 is 0 Å². The van der Waals surface area contributed by atoms with Crippen LogP contribution in [0.2, 0.25) is 0 Å². The third kappa shape index (κ3) is 5.40. The van der Waals surface area contributed by atoms with Gasteiger partial charge in [-0.15, -0.1) is 0 Å². The Labute approximate surface area is 125 Å². The van der Waals surface area contributed by atoms with E-state index in [0.29, 0.717) is 0 Å². The van der Waals surface area contributed by atoms with Crippen LogP contribution in [-0.4, -0.2) is 0 Å². The van der Waals surface area contributed by atoms with Crippen molar-refractivity contribution >= 4 is 0 Å². The van der Waals surface area contributed by atoms with Crippen molar-refractivity contribution in [2.75, 3.05) is 0 Å². The lowest BCUT2D eigenvalue weighted by Crippen LogP contribution is -2.21. The van der Waals surface area contributed by atoms with Crippen LogP contribution in [0.15, 0.2) is 30.5 Å². The highest BCUT2D eigenvalue weighted by Gasteiger charge is 2.18. The van der Waals surface area contributed by atoms with Gasteiger partial charge in [0.15, 0.2) is 0 Å². The molecule has 0 unspecified atom stereocenters. The van der Waals surface area contributed by atoms with Crippen LogP contribution in [0.1, 0.15) is 64.7 Å². The molecule has 1 rings (SSSR count). The summed E-state index contributed by atoms with van der Waals surface area (Å²) in [7, 11) is 0. The molecule has 20 heavy (non-hydrogen) atoms. The Hall–Kier alpha value is -1.24. The van der Waals surface area contributed by atoms with Crippen molar-refractivity contribution in [2.45, 2.75) is 66.8 Å². The second-order valence-electron chi connectivity index (χ2n) is 8.11. The molecule has 0 spiro atoms. The van der Waals surface area contributed by atoms with Gasteiger partial charge >= 0.3 is 0 Å². The first-order valence-corrected chi connectivity index (χ1v) is 7.51. The summed E-state index contributed by atoms with van der Waals surface area (Å²) in [6.45, 7) is 20.7. The predicted molar refractivity (Wildman–Crippen MR) is 89.9 cm³/mol. The largest absolute Gasteiger partial charge is 0.385 e. The molecule has 0 aliphatic heterocycles. The Morgan fingerprint density at radius 2 is 1.70 bits per heavy atom. The number of hydrogen-bond acceptors (Lipinski definition) is 1. The smallest absolute Gasteiger partial charge is 0.0400 e. The molecule has 0 aromatic heterocycles. The fraction of sp³-hybridized carbons (Fsp3) is 0.579. The maximum absolute atomic E-state index is 4.16. The van der Waals surface area contributed by atoms with Crippen molar-refractivity contribution in [3.63, 3.8) is 0 Å². The van der Waals surface area contributed by atoms with Gasteiger partial charge in [-0.25, -0.2) is 0 Å². The number of benzene rings is 1. The minimum atomic E-state index is 0.177. The van der Waals surface area contributed by atoms with Crippen LogP contribution in [0.25, 0.3) is 0 Å². The lowest BCUT2D eigenvalue weighted by atomic mass is 9.83. The first-order valence-electron chi connectivity index (χ1n) is 7.51. The molecule has 0 amide bonds. The van der Waals surface area contributed by atoms with Crippen molar-refractivity contribution in [1.82, 2.24) is 5.32 Å². The van der Waals surface area contributed by atoms with Crippen LogP contribution in [0.3, 0.4) is 0 Å². The van der Waals surface area contributed by atoms with Gasteiger partial charge in [0.05, 0.1) is 0 Å². The van der Waals surface area contributed by atoms with E-state index in [0.717, 1.165) is 18.7 Å². The molecule has 1 heteroatoms. The molecule has 0 aliphatic rings. The quantitative estimate of drug-likeness (QED) is 0.781. The van der Waals surface area contributed by atoms with E-state index in [1.54, 1.807) is 0 Å². The van der Waals surface area contributed by atoms with Gasteiger partial charge in [0.2, 0.25) is 0 Å². The molecule has 0 radical (unpaired) electrons. The molecule has 1 N–H and O–H groups in total. The third-order valence-electron chi connectivity index (χ3n) is 3.34. The maximum atomic E-state index is 4.16. The summed E-state index contributed by atoms with van der Waals surface area (Å²) in [6.07, 6.45) is 1.00. The number of aryl methyl sites for hydroxylation is 1. The Balaban J connectivity index is 2.82. The molecule has 0 atom stereocenters. The van der Waals surface area contributed by atoms with Crippen LogP contribution in [0, 0.1) is 12.3 Å². The molecular formula is C19H31N. The minimum absolute atomic E-state index is 0.177. The van der Waals surface area contributed by atoms with Crippen LogP contribution in [0.5, 0.6) is 0 Å². The number of rotatable bonds is 4. The van der Waals surface area contributed by atoms with Gasteiger partial charge in [-0.3, -0.25) is 0 Å². The Bertz CT molecular complexity index is 470. The van der Waals surface area contributed by atoms with Crippen molar-refractivity contribution in [1.29, 1.82) is 0 Å². The van der Waals surface area contributed by atoms with Crippen LogP contribution in [-0.2, 0) is 12.0 Å². The zero-order valence-electron chi connectivity index (χ0n) is 14.4. The summed E-state index contributed by atoms with van der Waals surface area (Å²) < 4.78 is 0. The zero-order valence-corrected chi connectivity index (χ0v) is 14.4. The monoisotopic (exact) mass is 273 g/mol. The zero-order chi connectivity index (χ0) is 15.6. The lowest BCUT2D eigenvalue weighted by molar-refractivity contribution is 0.398. The molecule has 1 aromatic rings. The van der Waals surface area contributed by atoms with E-state index in [1.165, 1.54) is 16.7 Å². The molecular weight excluding hydrogens is 242 g/mol. The second kappa shape index (κ2) is 6.03. The first-order chi connectivity index (χ1) is 8.99. The molecule has 0 bridgehead atoms. The molecule has 0 aliphatic carbocycles. The normalized spacial score (nSPS) is 12.3. The summed E-state index contributed by atoms with van der Waals surface area (Å²) >= 11 is 0. The fourth-order valence-corrected chi connectivity index (χ4v) is 2.52. The summed E-state index contributed by atoms with van der Waals surface area (Å²) in [5, 5.41) is 3.50. The van der Waals surface area contributed by atoms with E-state index < -0.39 is 0 Å². The predicted octanol–water partition coefficient (Wildman–Crippen LogP) is 5.33. The summed E-state index contributed by atoms with van der Waals surface area (Å²) in [6, 6.07) is 6.75. The van der Waals surface area contributed by atoms with Crippen LogP contribution in [0.4, 0.5) is 0 Å². The van der Waals surface area contributed by atoms with E-state index in [1.807, 2.05) is 0 Å². The fourth-order valence-electron chi connectivity index (χ4n) is 2.52. The van der Waals surface area contributed by atoms with Gasteiger partial charge in [-0.05, 0) is 35.3 Å². The number of nitrogens with one attached hydrogen (secondary N) is 1. The molecule has 0 saturated heterocycles. The highest BCUT2D eigenvalue weighted by molar-refractivity contribution is 5.36. The van der Waals surface area contributed by atoms with E-state index in [2.05, 4.69) is 78.6 Å². The highest BCUT2D eigenvalue weighted by atomic mass is 14.9. The second-order valence-corrected chi connectivity index (χ2v) is 8.11. The summed E-state index contributed by atoms with van der Waals surface area (Å²) in [5.41, 5.74) is 5.70. The van der Waals surface area contributed by atoms with E-state index in [-0.39, 0.29) is 10.8 Å². The van der Waals surface area contributed by atoms with Crippen molar-refractivity contribution in [3.8, 4) is 0 Å². The first kappa shape index (κ1) is 16.8. The molecule has 0 heterocycles.